The fourth-order valence-electron chi connectivity index (χ4n) is 2.69. The molecule has 2 rings (SSSR count). The van der Waals surface area contributed by atoms with Crippen molar-refractivity contribution in [2.45, 2.75) is 45.3 Å². The summed E-state index contributed by atoms with van der Waals surface area (Å²) in [6.45, 7) is 4.11. The molecule has 1 fully saturated rings. The van der Waals surface area contributed by atoms with Crippen molar-refractivity contribution in [3.8, 4) is 0 Å². The lowest BCUT2D eigenvalue weighted by Gasteiger charge is -2.26. The largest absolute Gasteiger partial charge is 0.393 e. The molecule has 1 aromatic carbocycles. The first kappa shape index (κ1) is 14.0. The molecular weight excluding hydrogens is 245 g/mol. The molecule has 1 amide bonds. The topological polar surface area (TPSA) is 40.5 Å². The number of aryl methyl sites for hydroxylation is 1. The SMILES string of the molecule is Cc1cc(C(=O)N2CCCC2CC(C)O)ccc1F. The summed E-state index contributed by atoms with van der Waals surface area (Å²) in [5, 5.41) is 9.48. The molecule has 104 valence electrons. The number of carbonyl (C=O) groups excluding carboxylic acids is 1. The van der Waals surface area contributed by atoms with Gasteiger partial charge in [0.25, 0.3) is 5.91 Å². The Kier molecular flexibility index (Phi) is 4.20. The zero-order valence-electron chi connectivity index (χ0n) is 11.4. The first-order valence-electron chi connectivity index (χ1n) is 6.74. The molecule has 0 spiro atoms. The van der Waals surface area contributed by atoms with Gasteiger partial charge in [-0.2, -0.15) is 0 Å². The number of hydrogen-bond donors (Lipinski definition) is 1. The third-order valence-electron chi connectivity index (χ3n) is 3.66. The molecule has 1 saturated heterocycles. The highest BCUT2D eigenvalue weighted by molar-refractivity contribution is 5.94. The van der Waals surface area contributed by atoms with Gasteiger partial charge in [-0.25, -0.2) is 4.39 Å². The van der Waals surface area contributed by atoms with Crippen LogP contribution in [0.2, 0.25) is 0 Å². The van der Waals surface area contributed by atoms with Crippen molar-refractivity contribution in [2.24, 2.45) is 0 Å². The van der Waals surface area contributed by atoms with Crippen molar-refractivity contribution >= 4 is 5.91 Å². The Bertz CT molecular complexity index is 473. The van der Waals surface area contributed by atoms with E-state index in [9.17, 15) is 14.3 Å². The maximum Gasteiger partial charge on any atom is 0.254 e. The van der Waals surface area contributed by atoms with Gasteiger partial charge < -0.3 is 10.0 Å². The monoisotopic (exact) mass is 265 g/mol. The van der Waals surface area contributed by atoms with E-state index in [1.54, 1.807) is 24.8 Å². The third kappa shape index (κ3) is 3.13. The van der Waals surface area contributed by atoms with Crippen molar-refractivity contribution in [2.75, 3.05) is 6.54 Å². The Hall–Kier alpha value is -1.42. The number of aliphatic hydroxyl groups is 1. The summed E-state index contributed by atoms with van der Waals surface area (Å²) in [4.78, 5) is 14.2. The molecule has 2 unspecified atom stereocenters. The molecule has 2 atom stereocenters. The average Bonchev–Trinajstić information content (AvgIpc) is 2.79. The summed E-state index contributed by atoms with van der Waals surface area (Å²) in [7, 11) is 0. The Morgan fingerprint density at radius 1 is 1.58 bits per heavy atom. The summed E-state index contributed by atoms with van der Waals surface area (Å²) in [6, 6.07) is 4.55. The minimum absolute atomic E-state index is 0.0637. The van der Waals surface area contributed by atoms with Gasteiger partial charge in [0.05, 0.1) is 6.10 Å². The molecule has 1 aromatic rings. The van der Waals surface area contributed by atoms with E-state index in [1.807, 2.05) is 0 Å². The summed E-state index contributed by atoms with van der Waals surface area (Å²) in [5.41, 5.74) is 1.01. The average molecular weight is 265 g/mol. The van der Waals surface area contributed by atoms with E-state index in [2.05, 4.69) is 0 Å². The van der Waals surface area contributed by atoms with Gasteiger partial charge >= 0.3 is 0 Å². The van der Waals surface area contributed by atoms with Crippen molar-refractivity contribution < 1.29 is 14.3 Å². The van der Waals surface area contributed by atoms with Gasteiger partial charge in [-0.15, -0.1) is 0 Å². The van der Waals surface area contributed by atoms with Gasteiger partial charge in [-0.1, -0.05) is 0 Å². The summed E-state index contributed by atoms with van der Waals surface area (Å²) < 4.78 is 13.2. The summed E-state index contributed by atoms with van der Waals surface area (Å²) >= 11 is 0. The van der Waals surface area contributed by atoms with Crippen molar-refractivity contribution in [1.82, 2.24) is 4.90 Å². The van der Waals surface area contributed by atoms with Gasteiger partial charge in [-0.3, -0.25) is 4.79 Å². The van der Waals surface area contributed by atoms with Gasteiger partial charge in [0.1, 0.15) is 5.82 Å². The third-order valence-corrected chi connectivity index (χ3v) is 3.66. The van der Waals surface area contributed by atoms with Crippen molar-refractivity contribution in [3.63, 3.8) is 0 Å². The van der Waals surface area contributed by atoms with Gasteiger partial charge in [-0.05, 0) is 56.9 Å². The maximum absolute atomic E-state index is 13.2. The molecule has 3 nitrogen and oxygen atoms in total. The van der Waals surface area contributed by atoms with Crippen LogP contribution in [0.5, 0.6) is 0 Å². The highest BCUT2D eigenvalue weighted by Gasteiger charge is 2.30. The van der Waals surface area contributed by atoms with E-state index in [1.165, 1.54) is 12.1 Å². The predicted octanol–water partition coefficient (Wildman–Crippen LogP) is 2.51. The Labute approximate surface area is 113 Å². The van der Waals surface area contributed by atoms with Crippen LogP contribution in [0.25, 0.3) is 0 Å². The van der Waals surface area contributed by atoms with Crippen LogP contribution in [-0.4, -0.2) is 34.6 Å². The number of halogens is 1. The normalized spacial score (nSPS) is 20.6. The zero-order valence-corrected chi connectivity index (χ0v) is 11.4. The van der Waals surface area contributed by atoms with E-state index in [-0.39, 0.29) is 17.8 Å². The molecule has 1 heterocycles. The maximum atomic E-state index is 13.2. The van der Waals surface area contributed by atoms with Crippen LogP contribution in [0, 0.1) is 12.7 Å². The van der Waals surface area contributed by atoms with Crippen LogP contribution in [0.3, 0.4) is 0 Å². The second-order valence-corrected chi connectivity index (χ2v) is 5.34. The standard InChI is InChI=1S/C15H20FNO2/c1-10-8-12(5-6-14(10)16)15(19)17-7-3-4-13(17)9-11(2)18/h5-6,8,11,13,18H,3-4,7,9H2,1-2H3. The van der Waals surface area contributed by atoms with Crippen molar-refractivity contribution in [1.29, 1.82) is 0 Å². The first-order chi connectivity index (χ1) is 8.99. The predicted molar refractivity (Wildman–Crippen MR) is 71.5 cm³/mol. The molecule has 0 aliphatic carbocycles. The minimum Gasteiger partial charge on any atom is -0.393 e. The zero-order chi connectivity index (χ0) is 14.0. The second-order valence-electron chi connectivity index (χ2n) is 5.34. The lowest BCUT2D eigenvalue weighted by atomic mass is 10.1. The lowest BCUT2D eigenvalue weighted by molar-refractivity contribution is 0.0682. The number of nitrogens with zero attached hydrogens (tertiary/aromatic N) is 1. The molecule has 1 aliphatic heterocycles. The highest BCUT2D eigenvalue weighted by atomic mass is 19.1. The highest BCUT2D eigenvalue weighted by Crippen LogP contribution is 2.24. The number of likely N-dealkylation sites (tertiary alicyclic amines) is 1. The Morgan fingerprint density at radius 3 is 2.95 bits per heavy atom. The van der Waals surface area contributed by atoms with E-state index in [0.29, 0.717) is 24.1 Å². The number of aliphatic hydroxyl groups excluding tert-OH is 1. The number of rotatable bonds is 3. The number of hydrogen-bond acceptors (Lipinski definition) is 2. The molecular formula is C15H20FNO2. The molecule has 0 radical (unpaired) electrons. The first-order valence-corrected chi connectivity index (χ1v) is 6.74. The van der Waals surface area contributed by atoms with E-state index < -0.39 is 6.10 Å². The summed E-state index contributed by atoms with van der Waals surface area (Å²) in [6.07, 6.45) is 2.08. The number of benzene rings is 1. The van der Waals surface area contributed by atoms with E-state index in [4.69, 9.17) is 0 Å². The Morgan fingerprint density at radius 2 is 2.32 bits per heavy atom. The van der Waals surface area contributed by atoms with Crippen molar-refractivity contribution in [3.05, 3.63) is 35.1 Å². The quantitative estimate of drug-likeness (QED) is 0.912. The lowest BCUT2D eigenvalue weighted by Crippen LogP contribution is -2.37. The van der Waals surface area contributed by atoms with E-state index in [0.717, 1.165) is 12.8 Å². The van der Waals surface area contributed by atoms with Crippen LogP contribution in [0.4, 0.5) is 4.39 Å². The smallest absolute Gasteiger partial charge is 0.254 e. The summed E-state index contributed by atoms with van der Waals surface area (Å²) in [5.74, 6) is -0.357. The van der Waals surface area contributed by atoms with Gasteiger partial charge in [0.15, 0.2) is 0 Å². The van der Waals surface area contributed by atoms with Crippen LogP contribution < -0.4 is 0 Å². The second kappa shape index (κ2) is 5.70. The molecule has 0 aromatic heterocycles. The molecule has 19 heavy (non-hydrogen) atoms. The van der Waals surface area contributed by atoms with Gasteiger partial charge in [0.2, 0.25) is 0 Å². The van der Waals surface area contributed by atoms with Crippen LogP contribution >= 0.6 is 0 Å². The van der Waals surface area contributed by atoms with Crippen LogP contribution in [0.1, 0.15) is 42.1 Å². The number of amides is 1. The fourth-order valence-corrected chi connectivity index (χ4v) is 2.69. The molecule has 0 saturated carbocycles. The fraction of sp³-hybridized carbons (Fsp3) is 0.533. The minimum atomic E-state index is -0.409. The molecule has 4 heteroatoms. The van der Waals surface area contributed by atoms with E-state index >= 15 is 0 Å². The number of carbonyl (C=O) groups is 1. The van der Waals surface area contributed by atoms with Gasteiger partial charge in [0, 0.05) is 18.2 Å². The van der Waals surface area contributed by atoms with Crippen LogP contribution in [0.15, 0.2) is 18.2 Å². The molecule has 1 aliphatic rings. The molecule has 1 N–H and O–H groups in total. The van der Waals surface area contributed by atoms with Crippen LogP contribution in [-0.2, 0) is 0 Å². The molecule has 0 bridgehead atoms. The Balaban J connectivity index is 2.16.